The van der Waals surface area contributed by atoms with Gasteiger partial charge in [0, 0.05) is 30.8 Å². The minimum Gasteiger partial charge on any atom is -0.357 e. The number of pyridine rings is 1. The van der Waals surface area contributed by atoms with Crippen molar-refractivity contribution in [1.29, 1.82) is 0 Å². The van der Waals surface area contributed by atoms with E-state index in [4.69, 9.17) is 0 Å². The van der Waals surface area contributed by atoms with Gasteiger partial charge in [-0.1, -0.05) is 0 Å². The Morgan fingerprint density at radius 3 is 2.39 bits per heavy atom. The van der Waals surface area contributed by atoms with Gasteiger partial charge in [-0.05, 0) is 37.1 Å². The minimum atomic E-state index is -0.497. The van der Waals surface area contributed by atoms with Crippen molar-refractivity contribution in [2.45, 2.75) is 12.8 Å². The van der Waals surface area contributed by atoms with Crippen LogP contribution in [0.1, 0.15) is 23.2 Å². The van der Waals surface area contributed by atoms with Gasteiger partial charge < -0.3 is 10.2 Å². The van der Waals surface area contributed by atoms with Crippen molar-refractivity contribution in [2.24, 2.45) is 0 Å². The molecule has 7 nitrogen and oxygen atoms in total. The number of amides is 1. The quantitative estimate of drug-likeness (QED) is 0.692. The predicted octanol–water partition coefficient (Wildman–Crippen LogP) is 2.84. The van der Waals surface area contributed by atoms with E-state index in [1.54, 1.807) is 6.20 Å². The topological polar surface area (TPSA) is 88.4 Å². The van der Waals surface area contributed by atoms with Crippen LogP contribution in [-0.2, 0) is 0 Å². The van der Waals surface area contributed by atoms with Gasteiger partial charge >= 0.3 is 0 Å². The zero-order valence-corrected chi connectivity index (χ0v) is 12.4. The second kappa shape index (κ2) is 6.43. The number of hydrogen-bond acceptors (Lipinski definition) is 5. The third-order valence-corrected chi connectivity index (χ3v) is 3.78. The first-order chi connectivity index (χ1) is 11.1. The summed E-state index contributed by atoms with van der Waals surface area (Å²) in [6.45, 7) is 2.03. The summed E-state index contributed by atoms with van der Waals surface area (Å²) in [6, 6.07) is 9.17. The van der Waals surface area contributed by atoms with Crippen LogP contribution in [0, 0.1) is 10.1 Å². The first-order valence-electron chi connectivity index (χ1n) is 7.40. The lowest BCUT2D eigenvalue weighted by molar-refractivity contribution is -0.384. The van der Waals surface area contributed by atoms with E-state index in [9.17, 15) is 14.9 Å². The molecular weight excluding hydrogens is 296 g/mol. The molecule has 0 unspecified atom stereocenters. The first-order valence-corrected chi connectivity index (χ1v) is 7.40. The fourth-order valence-electron chi connectivity index (χ4n) is 2.53. The van der Waals surface area contributed by atoms with Gasteiger partial charge in [0.1, 0.15) is 5.82 Å². The highest BCUT2D eigenvalue weighted by Crippen LogP contribution is 2.19. The van der Waals surface area contributed by atoms with Crippen molar-refractivity contribution in [3.8, 4) is 0 Å². The average molecular weight is 312 g/mol. The second-order valence-corrected chi connectivity index (χ2v) is 5.36. The molecule has 0 atom stereocenters. The fraction of sp³-hybridized carbons (Fsp3) is 0.250. The first kappa shape index (κ1) is 15.0. The maximum atomic E-state index is 12.1. The Labute approximate surface area is 133 Å². The maximum Gasteiger partial charge on any atom is 0.269 e. The van der Waals surface area contributed by atoms with Crippen LogP contribution < -0.4 is 10.2 Å². The minimum absolute atomic E-state index is 0.0433. The highest BCUT2D eigenvalue weighted by Gasteiger charge is 2.14. The number of anilines is 2. The molecule has 2 heterocycles. The van der Waals surface area contributed by atoms with Gasteiger partial charge in [0.25, 0.3) is 11.6 Å². The van der Waals surface area contributed by atoms with Crippen molar-refractivity contribution in [3.63, 3.8) is 0 Å². The van der Waals surface area contributed by atoms with E-state index < -0.39 is 4.92 Å². The number of nitrogens with one attached hydrogen (secondary N) is 1. The molecule has 118 valence electrons. The van der Waals surface area contributed by atoms with Crippen molar-refractivity contribution >= 4 is 23.1 Å². The number of rotatable bonds is 4. The second-order valence-electron chi connectivity index (χ2n) is 5.36. The fourth-order valence-corrected chi connectivity index (χ4v) is 2.53. The van der Waals surface area contributed by atoms with E-state index >= 15 is 0 Å². The number of nitro benzene ring substituents is 1. The Morgan fingerprint density at radius 1 is 1.13 bits per heavy atom. The SMILES string of the molecule is O=C(Nc1ccc(N2CCCC2)nc1)c1ccc([N+](=O)[O-])cc1. The van der Waals surface area contributed by atoms with Crippen LogP contribution >= 0.6 is 0 Å². The maximum absolute atomic E-state index is 12.1. The van der Waals surface area contributed by atoms with Crippen LogP contribution in [0.5, 0.6) is 0 Å². The van der Waals surface area contributed by atoms with E-state index in [0.29, 0.717) is 11.3 Å². The lowest BCUT2D eigenvalue weighted by atomic mass is 10.2. The lowest BCUT2D eigenvalue weighted by Crippen LogP contribution is -2.19. The molecule has 0 aliphatic carbocycles. The number of aromatic nitrogens is 1. The van der Waals surface area contributed by atoms with E-state index in [1.165, 1.54) is 37.1 Å². The van der Waals surface area contributed by atoms with Crippen molar-refractivity contribution in [3.05, 3.63) is 58.3 Å². The zero-order valence-electron chi connectivity index (χ0n) is 12.4. The van der Waals surface area contributed by atoms with Gasteiger partial charge in [-0.2, -0.15) is 0 Å². The molecule has 0 bridgehead atoms. The van der Waals surface area contributed by atoms with Crippen LogP contribution in [0.15, 0.2) is 42.6 Å². The van der Waals surface area contributed by atoms with Gasteiger partial charge in [0.2, 0.25) is 0 Å². The molecule has 1 fully saturated rings. The summed E-state index contributed by atoms with van der Waals surface area (Å²) in [4.78, 5) is 28.8. The Kier molecular flexibility index (Phi) is 4.18. The molecule has 7 heteroatoms. The summed E-state index contributed by atoms with van der Waals surface area (Å²) in [5.41, 5.74) is 0.911. The molecule has 1 aliphatic heterocycles. The zero-order chi connectivity index (χ0) is 16.2. The molecule has 1 aromatic heterocycles. The summed E-state index contributed by atoms with van der Waals surface area (Å²) in [7, 11) is 0. The van der Waals surface area contributed by atoms with E-state index in [2.05, 4.69) is 15.2 Å². The summed E-state index contributed by atoms with van der Waals surface area (Å²) in [6.07, 6.45) is 3.98. The van der Waals surface area contributed by atoms with Crippen molar-refractivity contribution in [1.82, 2.24) is 4.98 Å². The van der Waals surface area contributed by atoms with Gasteiger partial charge in [-0.3, -0.25) is 14.9 Å². The number of benzene rings is 1. The number of carbonyl (C=O) groups is 1. The van der Waals surface area contributed by atoms with Crippen LogP contribution in [0.4, 0.5) is 17.2 Å². The molecule has 1 saturated heterocycles. The molecule has 0 saturated carbocycles. The van der Waals surface area contributed by atoms with Crippen molar-refractivity contribution < 1.29 is 9.72 Å². The largest absolute Gasteiger partial charge is 0.357 e. The molecule has 1 aromatic carbocycles. The number of nitrogens with zero attached hydrogens (tertiary/aromatic N) is 3. The van der Waals surface area contributed by atoms with Crippen LogP contribution in [0.25, 0.3) is 0 Å². The molecular formula is C16H16N4O3. The third-order valence-electron chi connectivity index (χ3n) is 3.78. The summed E-state index contributed by atoms with van der Waals surface area (Å²) in [5.74, 6) is 0.589. The monoisotopic (exact) mass is 312 g/mol. The number of carbonyl (C=O) groups excluding carboxylic acids is 1. The van der Waals surface area contributed by atoms with Gasteiger partial charge in [-0.25, -0.2) is 4.98 Å². The van der Waals surface area contributed by atoms with E-state index in [0.717, 1.165) is 18.9 Å². The standard InChI is InChI=1S/C16H16N4O3/c21-16(12-3-6-14(7-4-12)20(22)23)18-13-5-8-15(17-11-13)19-9-1-2-10-19/h3-8,11H,1-2,9-10H2,(H,18,21). The summed E-state index contributed by atoms with van der Waals surface area (Å²) >= 11 is 0. The van der Waals surface area contributed by atoms with Crippen molar-refractivity contribution in [2.75, 3.05) is 23.3 Å². The average Bonchev–Trinajstić information content (AvgIpc) is 3.10. The molecule has 23 heavy (non-hydrogen) atoms. The third kappa shape index (κ3) is 3.45. The van der Waals surface area contributed by atoms with Gasteiger partial charge in [0.15, 0.2) is 0 Å². The number of non-ortho nitro benzene ring substituents is 1. The molecule has 1 amide bonds. The smallest absolute Gasteiger partial charge is 0.269 e. The van der Waals surface area contributed by atoms with E-state index in [1.807, 2.05) is 12.1 Å². The summed E-state index contributed by atoms with van der Waals surface area (Å²) < 4.78 is 0. The summed E-state index contributed by atoms with van der Waals surface area (Å²) in [5, 5.41) is 13.3. The predicted molar refractivity (Wildman–Crippen MR) is 86.7 cm³/mol. The number of nitro groups is 1. The highest BCUT2D eigenvalue weighted by molar-refractivity contribution is 6.04. The Balaban J connectivity index is 1.66. The van der Waals surface area contributed by atoms with Gasteiger partial charge in [0.05, 0.1) is 16.8 Å². The van der Waals surface area contributed by atoms with Gasteiger partial charge in [-0.15, -0.1) is 0 Å². The Hall–Kier alpha value is -2.96. The van der Waals surface area contributed by atoms with Crippen LogP contribution in [-0.4, -0.2) is 28.9 Å². The molecule has 2 aromatic rings. The lowest BCUT2D eigenvalue weighted by Gasteiger charge is -2.16. The Bertz CT molecular complexity index is 707. The van der Waals surface area contributed by atoms with E-state index in [-0.39, 0.29) is 11.6 Å². The van der Waals surface area contributed by atoms with Crippen LogP contribution in [0.2, 0.25) is 0 Å². The molecule has 0 radical (unpaired) electrons. The molecule has 3 rings (SSSR count). The van der Waals surface area contributed by atoms with Crippen LogP contribution in [0.3, 0.4) is 0 Å². The molecule has 0 spiro atoms. The highest BCUT2D eigenvalue weighted by atomic mass is 16.6. The Morgan fingerprint density at radius 2 is 1.83 bits per heavy atom. The normalized spacial score (nSPS) is 13.8. The number of hydrogen-bond donors (Lipinski definition) is 1. The molecule has 1 aliphatic rings. The molecule has 1 N–H and O–H groups in total.